The molecule has 1 aliphatic rings. The first-order valence-electron chi connectivity index (χ1n) is 10.7. The number of nitrogens with zero attached hydrogens (tertiary/aromatic N) is 5. The molecule has 1 saturated heterocycles. The van der Waals surface area contributed by atoms with Crippen molar-refractivity contribution in [3.8, 4) is 0 Å². The van der Waals surface area contributed by atoms with Gasteiger partial charge in [-0.3, -0.25) is 14.8 Å². The van der Waals surface area contributed by atoms with Crippen molar-refractivity contribution in [1.29, 1.82) is 0 Å². The molecule has 8 nitrogen and oxygen atoms in total. The second-order valence-corrected chi connectivity index (χ2v) is 8.10. The Morgan fingerprint density at radius 2 is 2.00 bits per heavy atom. The van der Waals surface area contributed by atoms with E-state index in [1.165, 1.54) is 6.07 Å². The monoisotopic (exact) mass is 433 g/mol. The van der Waals surface area contributed by atoms with Crippen LogP contribution in [-0.4, -0.2) is 51.4 Å². The molecule has 0 aliphatic carbocycles. The second-order valence-electron chi connectivity index (χ2n) is 8.10. The molecule has 0 spiro atoms. The number of pyridine rings is 1. The predicted octanol–water partition coefficient (Wildman–Crippen LogP) is 3.17. The van der Waals surface area contributed by atoms with Crippen LogP contribution in [0.3, 0.4) is 0 Å². The van der Waals surface area contributed by atoms with E-state index in [9.17, 15) is 9.18 Å². The Bertz CT molecular complexity index is 1320. The zero-order valence-electron chi connectivity index (χ0n) is 18.0. The van der Waals surface area contributed by atoms with Gasteiger partial charge in [0, 0.05) is 50.0 Å². The molecule has 32 heavy (non-hydrogen) atoms. The quantitative estimate of drug-likeness (QED) is 0.514. The number of hydrogen-bond acceptors (Lipinski definition) is 6. The summed E-state index contributed by atoms with van der Waals surface area (Å²) in [6, 6.07) is 5.37. The van der Waals surface area contributed by atoms with Gasteiger partial charge in [0.05, 0.1) is 22.6 Å². The topological polar surface area (TPSA) is 87.5 Å². The van der Waals surface area contributed by atoms with Crippen molar-refractivity contribution in [2.75, 3.05) is 30.4 Å². The molecule has 9 heteroatoms. The van der Waals surface area contributed by atoms with Crippen LogP contribution in [0.1, 0.15) is 28.9 Å². The fourth-order valence-electron chi connectivity index (χ4n) is 4.36. The number of halogens is 1. The van der Waals surface area contributed by atoms with Gasteiger partial charge < -0.3 is 19.9 Å². The average Bonchev–Trinajstić information content (AvgIpc) is 3.19. The lowest BCUT2D eigenvalue weighted by Crippen LogP contribution is -2.44. The van der Waals surface area contributed by atoms with Crippen LogP contribution in [0.2, 0.25) is 0 Å². The number of fused-ring (bicyclic) bond motifs is 2. The van der Waals surface area contributed by atoms with Crippen LogP contribution in [-0.2, 0) is 0 Å². The molecule has 164 valence electrons. The van der Waals surface area contributed by atoms with Crippen LogP contribution in [0.15, 0.2) is 43.0 Å². The van der Waals surface area contributed by atoms with Gasteiger partial charge in [-0.1, -0.05) is 0 Å². The fourth-order valence-corrected chi connectivity index (χ4v) is 4.36. The van der Waals surface area contributed by atoms with Crippen LogP contribution in [0.25, 0.3) is 16.7 Å². The van der Waals surface area contributed by atoms with Crippen LogP contribution in [0.5, 0.6) is 0 Å². The number of carbonyl (C=O) groups excluding carboxylic acids is 1. The summed E-state index contributed by atoms with van der Waals surface area (Å²) in [6.07, 6.45) is 8.78. The van der Waals surface area contributed by atoms with Gasteiger partial charge in [-0.15, -0.1) is 0 Å². The van der Waals surface area contributed by atoms with E-state index in [0.29, 0.717) is 34.0 Å². The molecule has 0 unspecified atom stereocenters. The third-order valence-corrected chi connectivity index (χ3v) is 5.90. The van der Waals surface area contributed by atoms with E-state index in [0.717, 1.165) is 31.6 Å². The molecule has 0 bridgehead atoms. The standard InChI is InChI=1S/C23H24FN7O/c1-14-11-31-13-16(10-18(24)22(31)28-14)29-23(32)17-5-6-19(21-20(17)26-7-8-27-21)30-9-3-4-15(12-30)25-2/h5-8,10-11,13,15,25H,3-4,9,12H2,1-2H3,(H,29,32)/t15-/m1/s1. The normalized spacial score (nSPS) is 16.6. The summed E-state index contributed by atoms with van der Waals surface area (Å²) in [4.78, 5) is 28.5. The first-order chi connectivity index (χ1) is 15.5. The number of carbonyl (C=O) groups is 1. The van der Waals surface area contributed by atoms with Gasteiger partial charge in [0.15, 0.2) is 11.5 Å². The average molecular weight is 433 g/mol. The highest BCUT2D eigenvalue weighted by molar-refractivity contribution is 6.13. The van der Waals surface area contributed by atoms with E-state index in [-0.39, 0.29) is 11.6 Å². The molecular weight excluding hydrogens is 409 g/mol. The van der Waals surface area contributed by atoms with Crippen molar-refractivity contribution in [3.63, 3.8) is 0 Å². The first-order valence-corrected chi connectivity index (χ1v) is 10.7. The highest BCUT2D eigenvalue weighted by Gasteiger charge is 2.23. The highest BCUT2D eigenvalue weighted by atomic mass is 19.1. The molecule has 3 aromatic heterocycles. The summed E-state index contributed by atoms with van der Waals surface area (Å²) in [7, 11) is 1.98. The largest absolute Gasteiger partial charge is 0.368 e. The zero-order chi connectivity index (χ0) is 22.2. The molecular formula is C23H24FN7O. The molecule has 1 aliphatic heterocycles. The molecule has 4 heterocycles. The lowest BCUT2D eigenvalue weighted by atomic mass is 10.0. The van der Waals surface area contributed by atoms with E-state index in [4.69, 9.17) is 0 Å². The number of hydrogen-bond donors (Lipinski definition) is 2. The van der Waals surface area contributed by atoms with Gasteiger partial charge in [0.25, 0.3) is 5.91 Å². The van der Waals surface area contributed by atoms with E-state index in [1.54, 1.807) is 42.2 Å². The minimum Gasteiger partial charge on any atom is -0.368 e. The van der Waals surface area contributed by atoms with E-state index in [2.05, 4.69) is 30.5 Å². The van der Waals surface area contributed by atoms with Gasteiger partial charge in [-0.25, -0.2) is 9.37 Å². The summed E-state index contributed by atoms with van der Waals surface area (Å²) in [5.41, 5.74) is 3.82. The molecule has 4 aromatic rings. The van der Waals surface area contributed by atoms with Crippen LogP contribution < -0.4 is 15.5 Å². The van der Waals surface area contributed by atoms with Crippen molar-refractivity contribution in [1.82, 2.24) is 24.7 Å². The summed E-state index contributed by atoms with van der Waals surface area (Å²) in [5, 5.41) is 6.14. The summed E-state index contributed by atoms with van der Waals surface area (Å²) in [6.45, 7) is 3.59. The van der Waals surface area contributed by atoms with Crippen LogP contribution in [0.4, 0.5) is 15.8 Å². The number of aryl methyl sites for hydroxylation is 1. The number of aromatic nitrogens is 4. The Morgan fingerprint density at radius 1 is 1.19 bits per heavy atom. The van der Waals surface area contributed by atoms with Crippen molar-refractivity contribution >= 4 is 34.0 Å². The molecule has 5 rings (SSSR count). The third-order valence-electron chi connectivity index (χ3n) is 5.90. The molecule has 2 N–H and O–H groups in total. The maximum Gasteiger partial charge on any atom is 0.257 e. The molecule has 0 radical (unpaired) electrons. The molecule has 1 atom stereocenters. The number of anilines is 2. The van der Waals surface area contributed by atoms with Crippen molar-refractivity contribution in [2.24, 2.45) is 0 Å². The van der Waals surface area contributed by atoms with Crippen molar-refractivity contribution < 1.29 is 9.18 Å². The van der Waals surface area contributed by atoms with Crippen LogP contribution in [0, 0.1) is 12.7 Å². The number of piperidine rings is 1. The summed E-state index contributed by atoms with van der Waals surface area (Å²) in [5.74, 6) is -0.871. The van der Waals surface area contributed by atoms with Crippen molar-refractivity contribution in [2.45, 2.75) is 25.8 Å². The second kappa shape index (κ2) is 8.16. The number of nitrogens with one attached hydrogen (secondary N) is 2. The first kappa shape index (κ1) is 20.3. The maximum atomic E-state index is 14.4. The van der Waals surface area contributed by atoms with E-state index < -0.39 is 5.82 Å². The Morgan fingerprint density at radius 3 is 2.81 bits per heavy atom. The Labute approximate surface area is 184 Å². The summed E-state index contributed by atoms with van der Waals surface area (Å²) < 4.78 is 16.0. The highest BCUT2D eigenvalue weighted by Crippen LogP contribution is 2.29. The Hall–Kier alpha value is -3.59. The number of amides is 1. The smallest absolute Gasteiger partial charge is 0.257 e. The third kappa shape index (κ3) is 3.64. The van der Waals surface area contributed by atoms with E-state index >= 15 is 0 Å². The maximum absolute atomic E-state index is 14.4. The molecule has 0 saturated carbocycles. The Balaban J connectivity index is 1.49. The van der Waals surface area contributed by atoms with Gasteiger partial charge >= 0.3 is 0 Å². The SMILES string of the molecule is CN[C@@H]1CCCN(c2ccc(C(=O)Nc3cc(F)c4nc(C)cn4c3)c3nccnc23)C1. The van der Waals surface area contributed by atoms with Crippen molar-refractivity contribution in [3.05, 3.63) is 60.1 Å². The molecule has 1 fully saturated rings. The summed E-state index contributed by atoms with van der Waals surface area (Å²) >= 11 is 0. The van der Waals surface area contributed by atoms with Gasteiger partial charge in [-0.2, -0.15) is 0 Å². The minimum absolute atomic E-state index is 0.225. The van der Waals surface area contributed by atoms with E-state index in [1.807, 2.05) is 13.1 Å². The lowest BCUT2D eigenvalue weighted by Gasteiger charge is -2.34. The van der Waals surface area contributed by atoms with Crippen LogP contribution >= 0.6 is 0 Å². The van der Waals surface area contributed by atoms with Gasteiger partial charge in [0.2, 0.25) is 0 Å². The van der Waals surface area contributed by atoms with Gasteiger partial charge in [-0.05, 0) is 38.9 Å². The number of imidazole rings is 1. The number of rotatable bonds is 4. The predicted molar refractivity (Wildman–Crippen MR) is 122 cm³/mol. The van der Waals surface area contributed by atoms with Gasteiger partial charge in [0.1, 0.15) is 11.0 Å². The fraction of sp³-hybridized carbons (Fsp3) is 0.304. The number of likely N-dealkylation sites (N-methyl/N-ethyl adjacent to an activating group) is 1. The Kier molecular flexibility index (Phi) is 5.18. The minimum atomic E-state index is -0.500. The lowest BCUT2D eigenvalue weighted by molar-refractivity contribution is 0.102. The zero-order valence-corrected chi connectivity index (χ0v) is 18.0. The molecule has 1 amide bonds. The number of benzene rings is 1. The molecule has 1 aromatic carbocycles.